The molecule has 2 aromatic rings. The van der Waals surface area contributed by atoms with E-state index in [4.69, 9.17) is 0 Å². The molecule has 0 radical (unpaired) electrons. The SMILES string of the molecule is Cc1[nH]n(C)c(=O)c1C1C(O)C(/C=C2/N(C)c3ccccc3C23CCCCC3)C1O. The number of nitrogens with zero attached hydrogens (tertiary/aromatic N) is 2. The maximum Gasteiger partial charge on any atom is 0.270 e. The number of rotatable bonds is 2. The number of likely N-dealkylation sites (N-methyl/N-ethyl adjacent to an activating group) is 1. The van der Waals surface area contributed by atoms with Crippen LogP contribution in [0.25, 0.3) is 0 Å². The molecule has 2 saturated carbocycles. The maximum absolute atomic E-state index is 12.5. The molecule has 2 atom stereocenters. The normalized spacial score (nSPS) is 31.2. The van der Waals surface area contributed by atoms with Crippen molar-refractivity contribution >= 4 is 5.69 Å². The molecule has 2 heterocycles. The topological polar surface area (TPSA) is 81.5 Å². The summed E-state index contributed by atoms with van der Waals surface area (Å²) in [6, 6.07) is 8.58. The quantitative estimate of drug-likeness (QED) is 0.712. The first-order valence-corrected chi connectivity index (χ1v) is 11.0. The van der Waals surface area contributed by atoms with Crippen molar-refractivity contribution in [2.75, 3.05) is 11.9 Å². The second-order valence-electron chi connectivity index (χ2n) is 9.37. The van der Waals surface area contributed by atoms with Crippen molar-refractivity contribution in [1.82, 2.24) is 9.78 Å². The van der Waals surface area contributed by atoms with Crippen LogP contribution in [0.1, 0.15) is 54.8 Å². The predicted molar refractivity (Wildman–Crippen MR) is 117 cm³/mol. The van der Waals surface area contributed by atoms with Crippen LogP contribution in [0, 0.1) is 12.8 Å². The van der Waals surface area contributed by atoms with Gasteiger partial charge in [-0.25, -0.2) is 0 Å². The zero-order valence-electron chi connectivity index (χ0n) is 17.9. The number of aliphatic hydroxyl groups is 2. The highest BCUT2D eigenvalue weighted by Gasteiger charge is 2.53. The number of nitrogens with one attached hydrogen (secondary N) is 1. The molecular formula is C24H31N3O3. The molecule has 3 N–H and O–H groups in total. The summed E-state index contributed by atoms with van der Waals surface area (Å²) in [6.07, 6.45) is 6.39. The molecule has 6 nitrogen and oxygen atoms in total. The van der Waals surface area contributed by atoms with E-state index in [-0.39, 0.29) is 16.9 Å². The van der Waals surface area contributed by atoms with Crippen LogP contribution in [-0.2, 0) is 12.5 Å². The van der Waals surface area contributed by atoms with Gasteiger partial charge in [0, 0.05) is 54.0 Å². The molecule has 0 amide bonds. The Kier molecular flexibility index (Phi) is 4.49. The number of anilines is 1. The van der Waals surface area contributed by atoms with E-state index in [1.807, 2.05) is 6.92 Å². The van der Waals surface area contributed by atoms with Crippen LogP contribution >= 0.6 is 0 Å². The first-order valence-electron chi connectivity index (χ1n) is 11.0. The molecule has 3 aliphatic rings. The van der Waals surface area contributed by atoms with Crippen LogP contribution in [0.2, 0.25) is 0 Å². The minimum absolute atomic E-state index is 0.0335. The van der Waals surface area contributed by atoms with E-state index >= 15 is 0 Å². The molecule has 0 saturated heterocycles. The lowest BCUT2D eigenvalue weighted by atomic mass is 9.63. The van der Waals surface area contributed by atoms with Gasteiger partial charge in [-0.3, -0.25) is 14.6 Å². The number of fused-ring (bicyclic) bond motifs is 2. The highest BCUT2D eigenvalue weighted by Crippen LogP contribution is 2.56. The number of hydrogen-bond donors (Lipinski definition) is 3. The summed E-state index contributed by atoms with van der Waals surface area (Å²) in [5.74, 6) is -0.923. The van der Waals surface area contributed by atoms with Crippen LogP contribution in [0.5, 0.6) is 0 Å². The third kappa shape index (κ3) is 2.53. The molecular weight excluding hydrogens is 378 g/mol. The fourth-order valence-corrected chi connectivity index (χ4v) is 6.27. The molecule has 1 spiro atoms. The first kappa shape index (κ1) is 19.6. The number of aryl methyl sites for hydroxylation is 2. The smallest absolute Gasteiger partial charge is 0.270 e. The van der Waals surface area contributed by atoms with E-state index in [0.29, 0.717) is 11.3 Å². The van der Waals surface area contributed by atoms with Gasteiger partial charge in [0.05, 0.1) is 12.2 Å². The summed E-state index contributed by atoms with van der Waals surface area (Å²) in [5, 5.41) is 25.0. The summed E-state index contributed by atoms with van der Waals surface area (Å²) >= 11 is 0. The Bertz CT molecular complexity index is 1050. The Morgan fingerprint density at radius 2 is 1.77 bits per heavy atom. The first-order chi connectivity index (χ1) is 14.4. The van der Waals surface area contributed by atoms with Gasteiger partial charge in [-0.2, -0.15) is 0 Å². The highest BCUT2D eigenvalue weighted by molar-refractivity contribution is 5.70. The maximum atomic E-state index is 12.5. The monoisotopic (exact) mass is 409 g/mol. The van der Waals surface area contributed by atoms with Crippen molar-refractivity contribution in [3.05, 3.63) is 63.2 Å². The van der Waals surface area contributed by atoms with Crippen molar-refractivity contribution in [3.8, 4) is 0 Å². The number of hydrogen-bond acceptors (Lipinski definition) is 4. The molecule has 1 aromatic carbocycles. The van der Waals surface area contributed by atoms with E-state index in [2.05, 4.69) is 47.4 Å². The minimum atomic E-state index is -0.771. The van der Waals surface area contributed by atoms with Gasteiger partial charge in [0.2, 0.25) is 0 Å². The molecule has 2 unspecified atom stereocenters. The lowest BCUT2D eigenvalue weighted by Crippen LogP contribution is -2.54. The molecule has 6 heteroatoms. The molecule has 2 fully saturated rings. The van der Waals surface area contributed by atoms with Gasteiger partial charge in [0.25, 0.3) is 5.56 Å². The van der Waals surface area contributed by atoms with Gasteiger partial charge in [-0.1, -0.05) is 43.5 Å². The van der Waals surface area contributed by atoms with Gasteiger partial charge < -0.3 is 15.1 Å². The molecule has 30 heavy (non-hydrogen) atoms. The summed E-state index contributed by atoms with van der Waals surface area (Å²) in [7, 11) is 3.75. The number of aliphatic hydroxyl groups excluding tert-OH is 2. The van der Waals surface area contributed by atoms with Crippen LogP contribution in [-0.4, -0.2) is 39.2 Å². The predicted octanol–water partition coefficient (Wildman–Crippen LogP) is 2.69. The zero-order chi connectivity index (χ0) is 21.2. The third-order valence-corrected chi connectivity index (χ3v) is 7.82. The van der Waals surface area contributed by atoms with Crippen molar-refractivity contribution in [2.45, 2.75) is 62.6 Å². The fourth-order valence-electron chi connectivity index (χ4n) is 6.27. The number of aromatic nitrogens is 2. The zero-order valence-corrected chi connectivity index (χ0v) is 17.9. The molecule has 1 aromatic heterocycles. The number of H-pyrrole nitrogens is 1. The second kappa shape index (κ2) is 6.86. The van der Waals surface area contributed by atoms with E-state index in [0.717, 1.165) is 12.8 Å². The number of benzene rings is 1. The van der Waals surface area contributed by atoms with Crippen molar-refractivity contribution in [3.63, 3.8) is 0 Å². The van der Waals surface area contributed by atoms with Crippen LogP contribution in [0.3, 0.4) is 0 Å². The Hall–Kier alpha value is -2.31. The molecule has 5 rings (SSSR count). The lowest BCUT2D eigenvalue weighted by molar-refractivity contribution is -0.0953. The lowest BCUT2D eigenvalue weighted by Gasteiger charge is -2.46. The third-order valence-electron chi connectivity index (χ3n) is 7.82. The highest BCUT2D eigenvalue weighted by atomic mass is 16.3. The van der Waals surface area contributed by atoms with E-state index < -0.39 is 18.1 Å². The summed E-state index contributed by atoms with van der Waals surface area (Å²) < 4.78 is 1.41. The van der Waals surface area contributed by atoms with Crippen molar-refractivity contribution in [1.29, 1.82) is 0 Å². The minimum Gasteiger partial charge on any atom is -0.392 e. The van der Waals surface area contributed by atoms with Crippen LogP contribution in [0.15, 0.2) is 40.8 Å². The Balaban J connectivity index is 1.52. The average molecular weight is 410 g/mol. The average Bonchev–Trinajstić information content (AvgIpc) is 3.12. The van der Waals surface area contributed by atoms with Crippen LogP contribution in [0.4, 0.5) is 5.69 Å². The second-order valence-corrected chi connectivity index (χ2v) is 9.37. The Morgan fingerprint density at radius 3 is 2.40 bits per heavy atom. The molecule has 2 aliphatic carbocycles. The molecule has 1 aliphatic heterocycles. The number of allylic oxidation sites excluding steroid dienone is 1. The fraction of sp³-hybridized carbons (Fsp3) is 0.542. The Morgan fingerprint density at radius 1 is 1.10 bits per heavy atom. The number of aromatic amines is 1. The van der Waals surface area contributed by atoms with Crippen LogP contribution < -0.4 is 10.5 Å². The van der Waals surface area contributed by atoms with Gasteiger partial charge >= 0.3 is 0 Å². The van der Waals surface area contributed by atoms with Gasteiger partial charge in [-0.15, -0.1) is 0 Å². The van der Waals surface area contributed by atoms with E-state index in [9.17, 15) is 15.0 Å². The summed E-state index contributed by atoms with van der Waals surface area (Å²) in [4.78, 5) is 14.7. The largest absolute Gasteiger partial charge is 0.392 e. The summed E-state index contributed by atoms with van der Waals surface area (Å²) in [5.41, 5.74) is 4.80. The van der Waals surface area contributed by atoms with Gasteiger partial charge in [0.1, 0.15) is 0 Å². The Labute approximate surface area is 176 Å². The van der Waals surface area contributed by atoms with Crippen molar-refractivity contribution in [2.24, 2.45) is 13.0 Å². The van der Waals surface area contributed by atoms with E-state index in [1.165, 1.54) is 40.9 Å². The standard InChI is InChI=1S/C24H31N3O3/c1-14-19(23(30)27(3)25-14)20-21(28)15(22(20)29)13-18-24(11-7-4-8-12-24)16-9-5-6-10-17(16)26(18)2/h5-6,9-10,13,15,20-22,25,28-29H,4,7-8,11-12H2,1-3H3/b18-13+. The molecule has 160 valence electrons. The van der Waals surface area contributed by atoms with Gasteiger partial charge in [-0.05, 0) is 31.4 Å². The van der Waals surface area contributed by atoms with Gasteiger partial charge in [0.15, 0.2) is 0 Å². The van der Waals surface area contributed by atoms with E-state index in [1.54, 1.807) is 7.05 Å². The number of para-hydroxylation sites is 1. The summed E-state index contributed by atoms with van der Waals surface area (Å²) in [6.45, 7) is 1.82. The van der Waals surface area contributed by atoms with Crippen molar-refractivity contribution < 1.29 is 10.2 Å². The molecule has 0 bridgehead atoms.